The van der Waals surface area contributed by atoms with Crippen LogP contribution in [0.2, 0.25) is 0 Å². The molecule has 1 saturated heterocycles. The molecule has 3 amide bonds. The molecule has 0 aromatic heterocycles. The highest BCUT2D eigenvalue weighted by atomic mass is 16.4. The fourth-order valence-electron chi connectivity index (χ4n) is 3.28. The van der Waals surface area contributed by atoms with Crippen molar-refractivity contribution in [3.05, 3.63) is 35.9 Å². The smallest absolute Gasteiger partial charge is 0.330 e. The molecule has 1 aromatic rings. The standard InChI is InChI=1S/C18H23N5O4/c1-22(2)16-20-15(26)18(21-16)8-10-23(11-9-18)17(27)19-13(14(24)25)12-6-4-3-5-7-12/h3-7,13H,8-11H2,1-2H3,(H,19,27)(H,24,25)(H,20,21,26). The van der Waals surface area contributed by atoms with Gasteiger partial charge in [0.15, 0.2) is 6.04 Å². The van der Waals surface area contributed by atoms with Gasteiger partial charge in [-0.25, -0.2) is 14.6 Å². The number of nitrogens with zero attached hydrogens (tertiary/aromatic N) is 3. The summed E-state index contributed by atoms with van der Waals surface area (Å²) in [6.07, 6.45) is 0.791. The number of amides is 3. The highest BCUT2D eigenvalue weighted by molar-refractivity contribution is 6.07. The number of rotatable bonds is 3. The number of nitrogens with one attached hydrogen (secondary N) is 2. The fraction of sp³-hybridized carbons (Fsp3) is 0.444. The van der Waals surface area contributed by atoms with E-state index in [0.29, 0.717) is 37.5 Å². The molecule has 2 heterocycles. The van der Waals surface area contributed by atoms with Crippen LogP contribution in [0, 0.1) is 0 Å². The van der Waals surface area contributed by atoms with Gasteiger partial charge in [0.25, 0.3) is 5.91 Å². The van der Waals surface area contributed by atoms with Crippen molar-refractivity contribution in [3.63, 3.8) is 0 Å². The van der Waals surface area contributed by atoms with Crippen LogP contribution in [-0.2, 0) is 9.59 Å². The number of carbonyl (C=O) groups excluding carboxylic acids is 2. The van der Waals surface area contributed by atoms with Crippen LogP contribution in [0.15, 0.2) is 35.3 Å². The van der Waals surface area contributed by atoms with E-state index in [1.807, 2.05) is 0 Å². The number of benzene rings is 1. The number of urea groups is 1. The molecule has 1 spiro atoms. The fourth-order valence-corrected chi connectivity index (χ4v) is 3.28. The first-order valence-corrected chi connectivity index (χ1v) is 8.74. The van der Waals surface area contributed by atoms with Crippen LogP contribution >= 0.6 is 0 Å². The molecule has 2 aliphatic heterocycles. The predicted octanol–water partition coefficient (Wildman–Crippen LogP) is 0.404. The summed E-state index contributed by atoms with van der Waals surface area (Å²) in [5.41, 5.74) is -0.343. The van der Waals surface area contributed by atoms with Crippen LogP contribution in [0.3, 0.4) is 0 Å². The number of aliphatic imine (C=N–C) groups is 1. The number of hydrogen-bond donors (Lipinski definition) is 3. The Bertz CT molecular complexity index is 769. The highest BCUT2D eigenvalue weighted by Crippen LogP contribution is 2.30. The van der Waals surface area contributed by atoms with Crippen LogP contribution in [0.5, 0.6) is 0 Å². The minimum absolute atomic E-state index is 0.154. The predicted molar refractivity (Wildman–Crippen MR) is 98.2 cm³/mol. The van der Waals surface area contributed by atoms with Crippen molar-refractivity contribution in [1.82, 2.24) is 20.4 Å². The lowest BCUT2D eigenvalue weighted by Crippen LogP contribution is -2.53. The van der Waals surface area contributed by atoms with Gasteiger partial charge < -0.3 is 20.2 Å². The first kappa shape index (κ1) is 18.7. The Balaban J connectivity index is 1.65. The molecule has 9 heteroatoms. The van der Waals surface area contributed by atoms with Gasteiger partial charge in [0.05, 0.1) is 0 Å². The second-order valence-corrected chi connectivity index (χ2v) is 6.93. The number of carbonyl (C=O) groups is 3. The number of guanidine groups is 1. The van der Waals surface area contributed by atoms with Crippen molar-refractivity contribution in [2.24, 2.45) is 4.99 Å². The van der Waals surface area contributed by atoms with E-state index in [-0.39, 0.29) is 5.91 Å². The first-order valence-electron chi connectivity index (χ1n) is 8.74. The monoisotopic (exact) mass is 373 g/mol. The summed E-state index contributed by atoms with van der Waals surface area (Å²) in [5, 5.41) is 14.8. The van der Waals surface area contributed by atoms with Crippen molar-refractivity contribution in [2.75, 3.05) is 27.2 Å². The van der Waals surface area contributed by atoms with Gasteiger partial charge in [0, 0.05) is 27.2 Å². The molecule has 3 rings (SSSR count). The molecule has 0 radical (unpaired) electrons. The van der Waals surface area contributed by atoms with E-state index in [1.54, 1.807) is 49.3 Å². The van der Waals surface area contributed by atoms with Crippen molar-refractivity contribution in [2.45, 2.75) is 24.4 Å². The molecular formula is C18H23N5O4. The average molecular weight is 373 g/mol. The van der Waals surface area contributed by atoms with Gasteiger partial charge in [-0.3, -0.25) is 10.1 Å². The van der Waals surface area contributed by atoms with Crippen molar-refractivity contribution < 1.29 is 19.5 Å². The molecule has 1 atom stereocenters. The van der Waals surface area contributed by atoms with Crippen LogP contribution in [0.25, 0.3) is 0 Å². The summed E-state index contributed by atoms with van der Waals surface area (Å²) >= 11 is 0. The SMILES string of the molecule is CN(C)C1=NC2(CCN(C(=O)NC(C(=O)O)c3ccccc3)CC2)C(=O)N1. The minimum atomic E-state index is -1.13. The normalized spacial score (nSPS) is 19.3. The summed E-state index contributed by atoms with van der Waals surface area (Å²) in [7, 11) is 3.60. The van der Waals surface area contributed by atoms with Gasteiger partial charge >= 0.3 is 12.0 Å². The Hall–Kier alpha value is -3.10. The van der Waals surface area contributed by atoms with Gasteiger partial charge in [-0.2, -0.15) is 0 Å². The Morgan fingerprint density at radius 2 is 1.89 bits per heavy atom. The van der Waals surface area contributed by atoms with E-state index >= 15 is 0 Å². The second-order valence-electron chi connectivity index (χ2n) is 6.93. The molecule has 1 fully saturated rings. The van der Waals surface area contributed by atoms with Crippen molar-refractivity contribution >= 4 is 23.9 Å². The van der Waals surface area contributed by atoms with E-state index in [9.17, 15) is 19.5 Å². The van der Waals surface area contributed by atoms with E-state index in [0.717, 1.165) is 0 Å². The Labute approximate surface area is 157 Å². The lowest BCUT2D eigenvalue weighted by Gasteiger charge is -2.35. The van der Waals surface area contributed by atoms with Crippen LogP contribution < -0.4 is 10.6 Å². The van der Waals surface area contributed by atoms with Crippen LogP contribution in [0.4, 0.5) is 4.79 Å². The Morgan fingerprint density at radius 1 is 1.26 bits per heavy atom. The maximum absolute atomic E-state index is 12.6. The van der Waals surface area contributed by atoms with E-state index < -0.39 is 23.6 Å². The molecular weight excluding hydrogens is 350 g/mol. The maximum Gasteiger partial charge on any atom is 0.330 e. The molecule has 9 nitrogen and oxygen atoms in total. The third-order valence-corrected chi connectivity index (χ3v) is 4.92. The zero-order valence-corrected chi connectivity index (χ0v) is 15.3. The largest absolute Gasteiger partial charge is 0.479 e. The molecule has 1 unspecified atom stereocenters. The number of hydrogen-bond acceptors (Lipinski definition) is 5. The van der Waals surface area contributed by atoms with Crippen molar-refractivity contribution in [3.8, 4) is 0 Å². The zero-order chi connectivity index (χ0) is 19.6. The molecule has 0 aliphatic carbocycles. The summed E-state index contributed by atoms with van der Waals surface area (Å²) in [6, 6.07) is 6.96. The molecule has 1 aromatic carbocycles. The van der Waals surface area contributed by atoms with Crippen LogP contribution in [-0.4, -0.2) is 71.5 Å². The second kappa shape index (κ2) is 7.26. The zero-order valence-electron chi connectivity index (χ0n) is 15.3. The molecule has 0 saturated carbocycles. The third-order valence-electron chi connectivity index (χ3n) is 4.92. The van der Waals surface area contributed by atoms with Crippen LogP contribution in [0.1, 0.15) is 24.4 Å². The summed E-state index contributed by atoms with van der Waals surface area (Å²) < 4.78 is 0. The molecule has 144 valence electrons. The first-order chi connectivity index (χ1) is 12.8. The lowest BCUT2D eigenvalue weighted by molar-refractivity contribution is -0.139. The van der Waals surface area contributed by atoms with Gasteiger partial charge in [0.1, 0.15) is 5.54 Å². The topological polar surface area (TPSA) is 114 Å². The van der Waals surface area contributed by atoms with E-state index in [1.165, 1.54) is 4.90 Å². The Kier molecular flexibility index (Phi) is 5.02. The molecule has 0 bridgehead atoms. The molecule has 27 heavy (non-hydrogen) atoms. The highest BCUT2D eigenvalue weighted by Gasteiger charge is 2.47. The summed E-state index contributed by atoms with van der Waals surface area (Å²) in [4.78, 5) is 44.2. The van der Waals surface area contributed by atoms with Crippen molar-refractivity contribution in [1.29, 1.82) is 0 Å². The van der Waals surface area contributed by atoms with Gasteiger partial charge in [-0.15, -0.1) is 0 Å². The average Bonchev–Trinajstić information content (AvgIpc) is 2.97. The number of aliphatic carboxylic acids is 1. The third kappa shape index (κ3) is 3.71. The van der Waals surface area contributed by atoms with Gasteiger partial charge in [0.2, 0.25) is 5.96 Å². The van der Waals surface area contributed by atoms with Gasteiger partial charge in [-0.1, -0.05) is 30.3 Å². The quantitative estimate of drug-likeness (QED) is 0.710. The number of likely N-dealkylation sites (tertiary alicyclic amines) is 1. The molecule has 3 N–H and O–H groups in total. The number of carboxylic acids is 1. The maximum atomic E-state index is 12.6. The minimum Gasteiger partial charge on any atom is -0.479 e. The molecule has 2 aliphatic rings. The number of piperidine rings is 1. The summed E-state index contributed by atoms with van der Waals surface area (Å²) in [5.74, 6) is -0.759. The summed E-state index contributed by atoms with van der Waals surface area (Å²) in [6.45, 7) is 0.648. The van der Waals surface area contributed by atoms with Gasteiger partial charge in [-0.05, 0) is 18.4 Å². The Morgan fingerprint density at radius 3 is 2.41 bits per heavy atom. The number of carboxylic acid groups (broad SMARTS) is 1. The lowest BCUT2D eigenvalue weighted by atomic mass is 9.88. The van der Waals surface area contributed by atoms with E-state index in [2.05, 4.69) is 15.6 Å². The van der Waals surface area contributed by atoms with E-state index in [4.69, 9.17) is 0 Å².